The van der Waals surface area contributed by atoms with Gasteiger partial charge in [-0.25, -0.2) is 4.68 Å². The van der Waals surface area contributed by atoms with E-state index < -0.39 is 0 Å². The summed E-state index contributed by atoms with van der Waals surface area (Å²) >= 11 is 8.31. The van der Waals surface area contributed by atoms with Crippen molar-refractivity contribution < 1.29 is 4.79 Å². The molecule has 0 saturated carbocycles. The highest BCUT2D eigenvalue weighted by Gasteiger charge is 2.19. The van der Waals surface area contributed by atoms with Gasteiger partial charge in [-0.3, -0.25) is 4.79 Å². The number of carbonyl (C=O) groups excluding carboxylic acids is 1. The molecule has 0 N–H and O–H groups in total. The van der Waals surface area contributed by atoms with E-state index in [0.717, 1.165) is 22.0 Å². The van der Waals surface area contributed by atoms with Gasteiger partial charge in [0.25, 0.3) is 0 Å². The minimum atomic E-state index is -0.211. The summed E-state index contributed by atoms with van der Waals surface area (Å²) in [5, 5.41) is 4.35. The molecule has 1 heterocycles. The van der Waals surface area contributed by atoms with Gasteiger partial charge in [0.15, 0.2) is 14.1 Å². The number of ketones is 1. The molecule has 0 aliphatic rings. The Morgan fingerprint density at radius 3 is 2.52 bits per heavy atom. The predicted molar refractivity (Wildman–Crippen MR) is 108 cm³/mol. The summed E-state index contributed by atoms with van der Waals surface area (Å²) in [5.41, 5.74) is 2.91. The molecule has 0 aliphatic carbocycles. The maximum absolute atomic E-state index is 12.6. The summed E-state index contributed by atoms with van der Waals surface area (Å²) < 4.78 is 3.23. The normalized spacial score (nSPS) is 12.1. The Morgan fingerprint density at radius 2 is 1.88 bits per heavy atom. The predicted octanol–water partition coefficient (Wildman–Crippen LogP) is 5.59. The van der Waals surface area contributed by atoms with Crippen molar-refractivity contribution in [2.75, 3.05) is 0 Å². The van der Waals surface area contributed by atoms with E-state index >= 15 is 0 Å². The van der Waals surface area contributed by atoms with Crippen LogP contribution in [0.3, 0.4) is 0 Å². The lowest BCUT2D eigenvalue weighted by Crippen LogP contribution is -2.13. The van der Waals surface area contributed by atoms with Crippen molar-refractivity contribution in [3.05, 3.63) is 69.7 Å². The SMILES string of the molecule is CCc1ccc(C(=O)C(C)Sc2nn(-c3ccccc3)c(=S)s2)cc1. The summed E-state index contributed by atoms with van der Waals surface area (Å²) in [6, 6.07) is 17.6. The number of hydrogen-bond donors (Lipinski definition) is 0. The lowest BCUT2D eigenvalue weighted by Gasteiger charge is -2.08. The van der Waals surface area contributed by atoms with Crippen LogP contribution in [0.5, 0.6) is 0 Å². The summed E-state index contributed by atoms with van der Waals surface area (Å²) in [6.07, 6.45) is 0.971. The molecule has 3 aromatic rings. The van der Waals surface area contributed by atoms with Gasteiger partial charge >= 0.3 is 0 Å². The standard InChI is InChI=1S/C19H18N2OS3/c1-3-14-9-11-15(12-10-14)17(22)13(2)24-18-20-21(19(23)25-18)16-7-5-4-6-8-16/h4-13H,3H2,1-2H3. The average molecular weight is 387 g/mol. The van der Waals surface area contributed by atoms with E-state index in [4.69, 9.17) is 12.2 Å². The molecule has 0 saturated heterocycles. The molecule has 1 aromatic heterocycles. The van der Waals surface area contributed by atoms with E-state index in [9.17, 15) is 4.79 Å². The second-order valence-corrected chi connectivity index (χ2v) is 8.77. The molecule has 0 radical (unpaired) electrons. The van der Waals surface area contributed by atoms with Crippen LogP contribution in [-0.2, 0) is 6.42 Å². The zero-order valence-electron chi connectivity index (χ0n) is 14.0. The first-order valence-electron chi connectivity index (χ1n) is 8.04. The molecule has 3 nitrogen and oxygen atoms in total. The fraction of sp³-hybridized carbons (Fsp3) is 0.211. The highest BCUT2D eigenvalue weighted by molar-refractivity contribution is 8.02. The van der Waals surface area contributed by atoms with Crippen molar-refractivity contribution >= 4 is 41.1 Å². The Bertz CT molecular complexity index is 914. The van der Waals surface area contributed by atoms with Gasteiger partial charge in [0.05, 0.1) is 10.9 Å². The molecule has 0 bridgehead atoms. The first kappa shape index (κ1) is 18.0. The van der Waals surface area contributed by atoms with Gasteiger partial charge < -0.3 is 0 Å². The molecule has 2 aromatic carbocycles. The number of Topliss-reactive ketones (excluding diaryl/α,β-unsaturated/α-hetero) is 1. The minimum absolute atomic E-state index is 0.111. The molecule has 0 aliphatic heterocycles. The molecule has 3 rings (SSSR count). The molecular weight excluding hydrogens is 368 g/mol. The Labute approximate surface area is 160 Å². The molecule has 0 amide bonds. The second-order valence-electron chi connectivity index (χ2n) is 5.56. The van der Waals surface area contributed by atoms with E-state index in [1.807, 2.05) is 61.5 Å². The van der Waals surface area contributed by atoms with Crippen LogP contribution in [0, 0.1) is 3.95 Å². The minimum Gasteiger partial charge on any atom is -0.293 e. The molecular formula is C19H18N2OS3. The van der Waals surface area contributed by atoms with Crippen LogP contribution in [0.2, 0.25) is 0 Å². The van der Waals surface area contributed by atoms with Crippen molar-refractivity contribution in [2.24, 2.45) is 0 Å². The lowest BCUT2D eigenvalue weighted by molar-refractivity contribution is 0.0994. The van der Waals surface area contributed by atoms with Crippen LogP contribution >= 0.6 is 35.3 Å². The van der Waals surface area contributed by atoms with E-state index in [2.05, 4.69) is 12.0 Å². The summed E-state index contributed by atoms with van der Waals surface area (Å²) in [7, 11) is 0. The monoisotopic (exact) mass is 386 g/mol. The molecule has 25 heavy (non-hydrogen) atoms. The number of rotatable bonds is 6. The highest BCUT2D eigenvalue weighted by atomic mass is 32.2. The van der Waals surface area contributed by atoms with Crippen molar-refractivity contribution in [2.45, 2.75) is 29.9 Å². The van der Waals surface area contributed by atoms with Gasteiger partial charge in [0, 0.05) is 5.56 Å². The molecule has 128 valence electrons. The van der Waals surface area contributed by atoms with Crippen molar-refractivity contribution in [3.8, 4) is 5.69 Å². The first-order chi connectivity index (χ1) is 12.1. The summed E-state index contributed by atoms with van der Waals surface area (Å²) in [5.74, 6) is 0.111. The Morgan fingerprint density at radius 1 is 1.20 bits per heavy atom. The van der Waals surface area contributed by atoms with Crippen LogP contribution in [0.4, 0.5) is 0 Å². The van der Waals surface area contributed by atoms with E-state index in [-0.39, 0.29) is 11.0 Å². The van der Waals surface area contributed by atoms with E-state index in [1.54, 1.807) is 4.68 Å². The maximum Gasteiger partial charge on any atom is 0.184 e. The summed E-state index contributed by atoms with van der Waals surface area (Å²) in [6.45, 7) is 4.02. The van der Waals surface area contributed by atoms with Gasteiger partial charge in [0.2, 0.25) is 0 Å². The fourth-order valence-electron chi connectivity index (χ4n) is 2.38. The topological polar surface area (TPSA) is 34.9 Å². The zero-order valence-corrected chi connectivity index (χ0v) is 16.5. The third-order valence-corrected chi connectivity index (χ3v) is 6.24. The number of benzene rings is 2. The van der Waals surface area contributed by atoms with E-state index in [1.165, 1.54) is 28.7 Å². The maximum atomic E-state index is 12.6. The van der Waals surface area contributed by atoms with Crippen LogP contribution in [-0.4, -0.2) is 20.8 Å². The van der Waals surface area contributed by atoms with Crippen LogP contribution in [0.25, 0.3) is 5.69 Å². The van der Waals surface area contributed by atoms with Crippen molar-refractivity contribution in [1.29, 1.82) is 0 Å². The van der Waals surface area contributed by atoms with E-state index in [0.29, 0.717) is 3.95 Å². The number of thioether (sulfide) groups is 1. The number of para-hydroxylation sites is 1. The van der Waals surface area contributed by atoms with Crippen LogP contribution in [0.15, 0.2) is 58.9 Å². The fourth-order valence-corrected chi connectivity index (χ4v) is 4.97. The molecule has 0 fully saturated rings. The number of hydrogen-bond acceptors (Lipinski definition) is 5. The van der Waals surface area contributed by atoms with Crippen molar-refractivity contribution in [3.63, 3.8) is 0 Å². The first-order valence-corrected chi connectivity index (χ1v) is 10.1. The van der Waals surface area contributed by atoms with Gasteiger partial charge in [-0.2, -0.15) is 0 Å². The average Bonchev–Trinajstić information content (AvgIpc) is 3.02. The third kappa shape index (κ3) is 4.26. The van der Waals surface area contributed by atoms with Crippen LogP contribution < -0.4 is 0 Å². The number of carbonyl (C=O) groups is 1. The zero-order chi connectivity index (χ0) is 17.8. The Balaban J connectivity index is 1.75. The number of nitrogens with zero attached hydrogens (tertiary/aromatic N) is 2. The Hall–Kier alpha value is -1.76. The quantitative estimate of drug-likeness (QED) is 0.314. The number of aryl methyl sites for hydroxylation is 1. The van der Waals surface area contributed by atoms with Crippen molar-refractivity contribution in [1.82, 2.24) is 9.78 Å². The molecule has 0 spiro atoms. The lowest BCUT2D eigenvalue weighted by atomic mass is 10.1. The second kappa shape index (κ2) is 8.08. The molecule has 1 atom stereocenters. The van der Waals surface area contributed by atoms with Crippen LogP contribution in [0.1, 0.15) is 29.8 Å². The third-order valence-electron chi connectivity index (χ3n) is 3.82. The van der Waals surface area contributed by atoms with Gasteiger partial charge in [-0.15, -0.1) is 5.10 Å². The number of aromatic nitrogens is 2. The summed E-state index contributed by atoms with van der Waals surface area (Å²) in [4.78, 5) is 12.6. The molecule has 1 unspecified atom stereocenters. The van der Waals surface area contributed by atoms with Gasteiger partial charge in [0.1, 0.15) is 0 Å². The highest BCUT2D eigenvalue weighted by Crippen LogP contribution is 2.29. The van der Waals surface area contributed by atoms with Gasteiger partial charge in [-0.05, 0) is 43.3 Å². The largest absolute Gasteiger partial charge is 0.293 e. The molecule has 6 heteroatoms. The van der Waals surface area contributed by atoms with Gasteiger partial charge in [-0.1, -0.05) is 72.5 Å². The smallest absolute Gasteiger partial charge is 0.184 e. The Kier molecular flexibility index (Phi) is 5.83.